The molecule has 2 aliphatic rings. The van der Waals surface area contributed by atoms with Crippen molar-refractivity contribution in [3.63, 3.8) is 0 Å². The highest BCUT2D eigenvalue weighted by Gasteiger charge is 2.51. The molecule has 3 unspecified atom stereocenters. The summed E-state index contributed by atoms with van der Waals surface area (Å²) in [5, 5.41) is 11.5. The SMILES string of the molecule is Cc1ccc(-c2ccc(N3CC4CNCC4C3OC(=O)C(F)(F)F)nn2)cc1. The molecule has 3 atom stereocenters. The van der Waals surface area contributed by atoms with Crippen molar-refractivity contribution in [1.82, 2.24) is 15.5 Å². The summed E-state index contributed by atoms with van der Waals surface area (Å²) < 4.78 is 43.0. The predicted molar refractivity (Wildman–Crippen MR) is 95.3 cm³/mol. The molecule has 1 aromatic carbocycles. The number of aryl methyl sites for hydroxylation is 1. The zero-order valence-corrected chi connectivity index (χ0v) is 15.1. The van der Waals surface area contributed by atoms with E-state index in [1.54, 1.807) is 17.0 Å². The summed E-state index contributed by atoms with van der Waals surface area (Å²) in [6, 6.07) is 11.3. The summed E-state index contributed by atoms with van der Waals surface area (Å²) in [4.78, 5) is 13.0. The molecule has 1 N–H and O–H groups in total. The molecule has 3 heterocycles. The maximum atomic E-state index is 12.7. The van der Waals surface area contributed by atoms with E-state index >= 15 is 0 Å². The molecule has 0 saturated carbocycles. The molecule has 0 radical (unpaired) electrons. The molecule has 0 spiro atoms. The van der Waals surface area contributed by atoms with Gasteiger partial charge in [0.05, 0.1) is 5.69 Å². The number of carbonyl (C=O) groups excluding carboxylic acids is 1. The van der Waals surface area contributed by atoms with Crippen LogP contribution in [-0.2, 0) is 9.53 Å². The van der Waals surface area contributed by atoms with Crippen LogP contribution in [0.15, 0.2) is 36.4 Å². The fraction of sp³-hybridized carbons (Fsp3) is 0.421. The second-order valence-electron chi connectivity index (χ2n) is 7.17. The molecule has 6 nitrogen and oxygen atoms in total. The first-order chi connectivity index (χ1) is 13.3. The molecule has 9 heteroatoms. The minimum Gasteiger partial charge on any atom is -0.434 e. The van der Waals surface area contributed by atoms with E-state index in [-0.39, 0.29) is 11.8 Å². The Morgan fingerprint density at radius 1 is 1.14 bits per heavy atom. The third-order valence-corrected chi connectivity index (χ3v) is 5.25. The van der Waals surface area contributed by atoms with Crippen molar-refractivity contribution in [1.29, 1.82) is 0 Å². The summed E-state index contributed by atoms with van der Waals surface area (Å²) in [6.45, 7) is 3.59. The maximum absolute atomic E-state index is 12.7. The van der Waals surface area contributed by atoms with Gasteiger partial charge in [0.1, 0.15) is 0 Å². The van der Waals surface area contributed by atoms with Gasteiger partial charge in [-0.1, -0.05) is 29.8 Å². The fourth-order valence-electron chi connectivity index (χ4n) is 3.78. The lowest BCUT2D eigenvalue weighted by molar-refractivity contribution is -0.206. The minimum absolute atomic E-state index is 0.0876. The first kappa shape index (κ1) is 18.7. The number of fused-ring (bicyclic) bond motifs is 1. The molecule has 2 aromatic rings. The van der Waals surface area contributed by atoms with E-state index in [2.05, 4.69) is 15.5 Å². The summed E-state index contributed by atoms with van der Waals surface area (Å²) in [5.74, 6) is -1.92. The lowest BCUT2D eigenvalue weighted by Gasteiger charge is -2.28. The zero-order valence-electron chi connectivity index (χ0n) is 15.1. The van der Waals surface area contributed by atoms with Crippen LogP contribution in [0, 0.1) is 18.8 Å². The Balaban J connectivity index is 1.57. The molecule has 4 rings (SSSR count). The second-order valence-corrected chi connectivity index (χ2v) is 7.17. The van der Waals surface area contributed by atoms with Gasteiger partial charge >= 0.3 is 12.1 Å². The van der Waals surface area contributed by atoms with E-state index in [0.717, 1.165) is 11.1 Å². The second kappa shape index (κ2) is 7.05. The Labute approximate surface area is 159 Å². The number of rotatable bonds is 3. The number of ether oxygens (including phenoxy) is 1. The van der Waals surface area contributed by atoms with E-state index < -0.39 is 18.4 Å². The highest BCUT2D eigenvalue weighted by Crippen LogP contribution is 2.37. The third kappa shape index (κ3) is 3.54. The number of carbonyl (C=O) groups is 1. The molecule has 148 valence electrons. The number of aromatic nitrogens is 2. The molecule has 0 aliphatic carbocycles. The minimum atomic E-state index is -5.03. The average Bonchev–Trinajstić information content (AvgIpc) is 3.24. The van der Waals surface area contributed by atoms with Gasteiger partial charge in [-0.2, -0.15) is 13.2 Å². The van der Waals surface area contributed by atoms with Crippen LogP contribution in [-0.4, -0.2) is 48.2 Å². The van der Waals surface area contributed by atoms with Crippen LogP contribution in [0.3, 0.4) is 0 Å². The van der Waals surface area contributed by atoms with Gasteiger partial charge in [-0.05, 0) is 25.0 Å². The smallest absolute Gasteiger partial charge is 0.434 e. The van der Waals surface area contributed by atoms with Crippen molar-refractivity contribution in [2.45, 2.75) is 19.3 Å². The number of hydrogen-bond acceptors (Lipinski definition) is 6. The number of benzene rings is 1. The van der Waals surface area contributed by atoms with Crippen LogP contribution >= 0.6 is 0 Å². The van der Waals surface area contributed by atoms with Crippen molar-refractivity contribution < 1.29 is 22.7 Å². The van der Waals surface area contributed by atoms with Gasteiger partial charge in [-0.3, -0.25) is 0 Å². The van der Waals surface area contributed by atoms with Gasteiger partial charge in [0.15, 0.2) is 12.0 Å². The van der Waals surface area contributed by atoms with Gasteiger partial charge in [0.2, 0.25) is 0 Å². The van der Waals surface area contributed by atoms with Crippen molar-refractivity contribution in [3.05, 3.63) is 42.0 Å². The van der Waals surface area contributed by atoms with Crippen LogP contribution in [0.5, 0.6) is 0 Å². The van der Waals surface area contributed by atoms with Gasteiger partial charge in [-0.15, -0.1) is 10.2 Å². The van der Waals surface area contributed by atoms with Crippen LogP contribution in [0.1, 0.15) is 5.56 Å². The van der Waals surface area contributed by atoms with Crippen LogP contribution in [0.2, 0.25) is 0 Å². The van der Waals surface area contributed by atoms with Crippen LogP contribution in [0.25, 0.3) is 11.3 Å². The van der Waals surface area contributed by atoms with Crippen molar-refractivity contribution in [2.24, 2.45) is 11.8 Å². The molecule has 2 aliphatic heterocycles. The van der Waals surface area contributed by atoms with E-state index in [1.165, 1.54) is 0 Å². The molecular formula is C19H19F3N4O2. The number of alkyl halides is 3. The van der Waals surface area contributed by atoms with Crippen molar-refractivity contribution in [2.75, 3.05) is 24.5 Å². The van der Waals surface area contributed by atoms with Crippen LogP contribution < -0.4 is 10.2 Å². The molecule has 1 aromatic heterocycles. The molecule has 0 bridgehead atoms. The number of anilines is 1. The van der Waals surface area contributed by atoms with Gasteiger partial charge in [0.25, 0.3) is 0 Å². The molecule has 28 heavy (non-hydrogen) atoms. The number of nitrogens with zero attached hydrogens (tertiary/aromatic N) is 3. The van der Waals surface area contributed by atoms with Crippen molar-refractivity contribution in [3.8, 4) is 11.3 Å². The predicted octanol–water partition coefficient (Wildman–Crippen LogP) is 2.54. The van der Waals surface area contributed by atoms with Crippen LogP contribution in [0.4, 0.5) is 19.0 Å². The lowest BCUT2D eigenvalue weighted by atomic mass is 9.99. The van der Waals surface area contributed by atoms with Gasteiger partial charge < -0.3 is 15.0 Å². The number of hydrogen-bond donors (Lipinski definition) is 1. The number of halogens is 3. The number of nitrogens with one attached hydrogen (secondary N) is 1. The quantitative estimate of drug-likeness (QED) is 0.810. The first-order valence-corrected chi connectivity index (χ1v) is 8.99. The first-order valence-electron chi connectivity index (χ1n) is 8.99. The Kier molecular flexibility index (Phi) is 4.70. The zero-order chi connectivity index (χ0) is 19.9. The summed E-state index contributed by atoms with van der Waals surface area (Å²) >= 11 is 0. The van der Waals surface area contributed by atoms with E-state index in [1.807, 2.05) is 31.2 Å². The lowest BCUT2D eigenvalue weighted by Crippen LogP contribution is -2.42. The van der Waals surface area contributed by atoms with E-state index in [4.69, 9.17) is 4.74 Å². The normalized spacial score (nSPS) is 24.3. The summed E-state index contributed by atoms with van der Waals surface area (Å²) in [6.07, 6.45) is -6.05. The monoisotopic (exact) mass is 392 g/mol. The molecule has 2 saturated heterocycles. The molecular weight excluding hydrogens is 373 g/mol. The van der Waals surface area contributed by atoms with E-state index in [9.17, 15) is 18.0 Å². The Morgan fingerprint density at radius 2 is 1.89 bits per heavy atom. The highest BCUT2D eigenvalue weighted by molar-refractivity contribution is 5.76. The molecule has 0 amide bonds. The third-order valence-electron chi connectivity index (χ3n) is 5.25. The highest BCUT2D eigenvalue weighted by atomic mass is 19.4. The average molecular weight is 392 g/mol. The standard InChI is InChI=1S/C19H19F3N4O2/c1-11-2-4-12(5-3-11)15-6-7-16(25-24-15)26-10-13-8-23-9-14(13)17(26)28-18(27)19(20,21)22/h2-7,13-14,17,23H,8-10H2,1H3. The maximum Gasteiger partial charge on any atom is 0.491 e. The number of esters is 1. The Morgan fingerprint density at radius 3 is 2.54 bits per heavy atom. The molecule has 2 fully saturated rings. The van der Waals surface area contributed by atoms with Gasteiger partial charge in [0, 0.05) is 31.1 Å². The van der Waals surface area contributed by atoms with E-state index in [0.29, 0.717) is 31.1 Å². The summed E-state index contributed by atoms with van der Waals surface area (Å²) in [7, 11) is 0. The Bertz CT molecular complexity index is 855. The Hall–Kier alpha value is -2.68. The topological polar surface area (TPSA) is 67.3 Å². The largest absolute Gasteiger partial charge is 0.491 e. The summed E-state index contributed by atoms with van der Waals surface area (Å²) in [5.41, 5.74) is 2.68. The van der Waals surface area contributed by atoms with Crippen molar-refractivity contribution >= 4 is 11.8 Å². The fourth-order valence-corrected chi connectivity index (χ4v) is 3.78. The van der Waals surface area contributed by atoms with Gasteiger partial charge in [-0.25, -0.2) is 4.79 Å².